The normalized spacial score (nSPS) is 15.3. The van der Waals surface area contributed by atoms with Gasteiger partial charge in [0.2, 0.25) is 0 Å². The standard InChI is InChI=1S/C7H19NOSi/c1-7(9-2)8-6-10(3,4)5/h7-8H,6H2,1-5H3. The van der Waals surface area contributed by atoms with Crippen molar-refractivity contribution >= 4 is 8.07 Å². The largest absolute Gasteiger partial charge is 0.367 e. The Kier molecular flexibility index (Phi) is 4.16. The molecule has 0 saturated carbocycles. The molecule has 62 valence electrons. The van der Waals surface area contributed by atoms with Crippen molar-refractivity contribution in [3.63, 3.8) is 0 Å². The van der Waals surface area contributed by atoms with E-state index in [9.17, 15) is 0 Å². The van der Waals surface area contributed by atoms with Gasteiger partial charge in [0.05, 0.1) is 8.07 Å². The molecule has 0 rings (SSSR count). The number of hydrogen-bond donors (Lipinski definition) is 1. The molecule has 0 amide bonds. The summed E-state index contributed by atoms with van der Waals surface area (Å²) in [5, 5.41) is 3.31. The maximum Gasteiger partial charge on any atom is 0.104 e. The van der Waals surface area contributed by atoms with E-state index in [1.54, 1.807) is 7.11 Å². The number of methoxy groups -OCH3 is 1. The lowest BCUT2D eigenvalue weighted by molar-refractivity contribution is 0.0940. The zero-order valence-electron chi connectivity index (χ0n) is 7.69. The van der Waals surface area contributed by atoms with Gasteiger partial charge in [0.1, 0.15) is 6.23 Å². The summed E-state index contributed by atoms with van der Waals surface area (Å²) in [4.78, 5) is 0. The number of nitrogens with one attached hydrogen (secondary N) is 1. The van der Waals surface area contributed by atoms with Gasteiger partial charge in [-0.25, -0.2) is 0 Å². The third kappa shape index (κ3) is 6.26. The minimum absolute atomic E-state index is 0.201. The van der Waals surface area contributed by atoms with Crippen molar-refractivity contribution in [2.75, 3.05) is 13.3 Å². The lowest BCUT2D eigenvalue weighted by atomic mass is 10.7. The van der Waals surface area contributed by atoms with Crippen LogP contribution in [-0.2, 0) is 4.74 Å². The average molecular weight is 161 g/mol. The van der Waals surface area contributed by atoms with Crippen molar-refractivity contribution in [2.45, 2.75) is 32.8 Å². The van der Waals surface area contributed by atoms with Crippen LogP contribution in [0.1, 0.15) is 6.92 Å². The molecule has 0 saturated heterocycles. The fraction of sp³-hybridized carbons (Fsp3) is 1.00. The molecule has 3 heteroatoms. The minimum Gasteiger partial charge on any atom is -0.367 e. The van der Waals surface area contributed by atoms with Crippen LogP contribution in [0, 0.1) is 0 Å². The zero-order valence-corrected chi connectivity index (χ0v) is 8.69. The van der Waals surface area contributed by atoms with Gasteiger partial charge in [-0.1, -0.05) is 19.6 Å². The van der Waals surface area contributed by atoms with E-state index >= 15 is 0 Å². The quantitative estimate of drug-likeness (QED) is 0.498. The van der Waals surface area contributed by atoms with Gasteiger partial charge in [0.25, 0.3) is 0 Å². The maximum atomic E-state index is 5.06. The lowest BCUT2D eigenvalue weighted by Crippen LogP contribution is -2.41. The average Bonchev–Trinajstić information content (AvgIpc) is 1.81. The highest BCUT2D eigenvalue weighted by Crippen LogP contribution is 1.97. The molecule has 0 fully saturated rings. The van der Waals surface area contributed by atoms with Crippen LogP contribution in [0.25, 0.3) is 0 Å². The van der Waals surface area contributed by atoms with E-state index in [2.05, 4.69) is 25.0 Å². The molecule has 0 aromatic rings. The van der Waals surface area contributed by atoms with Crippen LogP contribution in [0.15, 0.2) is 0 Å². The molecule has 0 aliphatic rings. The third-order valence-corrected chi connectivity index (χ3v) is 2.54. The second-order valence-corrected chi connectivity index (χ2v) is 9.29. The highest BCUT2D eigenvalue weighted by molar-refractivity contribution is 6.76. The molecule has 0 radical (unpaired) electrons. The SMILES string of the molecule is COC(C)NC[Si](C)(C)C. The predicted octanol–water partition coefficient (Wildman–Crippen LogP) is 1.45. The Morgan fingerprint density at radius 1 is 1.40 bits per heavy atom. The molecular formula is C7H19NOSi. The van der Waals surface area contributed by atoms with Crippen LogP contribution in [0.4, 0.5) is 0 Å². The van der Waals surface area contributed by atoms with Crippen molar-refractivity contribution < 1.29 is 4.74 Å². The summed E-state index contributed by atoms with van der Waals surface area (Å²) in [6, 6.07) is 0. The summed E-state index contributed by atoms with van der Waals surface area (Å²) in [5.41, 5.74) is 0. The topological polar surface area (TPSA) is 21.3 Å². The van der Waals surface area contributed by atoms with Crippen molar-refractivity contribution in [3.8, 4) is 0 Å². The molecule has 1 atom stereocenters. The zero-order chi connectivity index (χ0) is 8.20. The number of rotatable bonds is 4. The summed E-state index contributed by atoms with van der Waals surface area (Å²) in [6.07, 6.45) is 1.33. The number of ether oxygens (including phenoxy) is 1. The van der Waals surface area contributed by atoms with Gasteiger partial charge in [-0.3, -0.25) is 5.32 Å². The molecule has 10 heavy (non-hydrogen) atoms. The maximum absolute atomic E-state index is 5.06. The van der Waals surface area contributed by atoms with E-state index in [1.807, 2.05) is 6.92 Å². The van der Waals surface area contributed by atoms with Crippen molar-refractivity contribution in [1.82, 2.24) is 5.32 Å². The number of hydrogen-bond acceptors (Lipinski definition) is 2. The summed E-state index contributed by atoms with van der Waals surface area (Å²) in [7, 11) is 0.797. The van der Waals surface area contributed by atoms with Crippen LogP contribution in [0.2, 0.25) is 19.6 Å². The van der Waals surface area contributed by atoms with Crippen molar-refractivity contribution in [2.24, 2.45) is 0 Å². The molecular weight excluding hydrogens is 142 g/mol. The third-order valence-electron chi connectivity index (χ3n) is 1.27. The van der Waals surface area contributed by atoms with Gasteiger partial charge < -0.3 is 4.74 Å². The van der Waals surface area contributed by atoms with Gasteiger partial charge in [-0.05, 0) is 13.1 Å². The molecule has 0 bridgehead atoms. The summed E-state index contributed by atoms with van der Waals surface area (Å²) >= 11 is 0. The first-order valence-electron chi connectivity index (χ1n) is 3.72. The minimum atomic E-state index is -0.927. The Bertz CT molecular complexity index is 90.1. The second kappa shape index (κ2) is 4.11. The van der Waals surface area contributed by atoms with Crippen LogP contribution in [0.5, 0.6) is 0 Å². The van der Waals surface area contributed by atoms with Gasteiger partial charge in [0.15, 0.2) is 0 Å². The molecule has 0 aliphatic heterocycles. The predicted molar refractivity (Wildman–Crippen MR) is 47.8 cm³/mol. The van der Waals surface area contributed by atoms with Crippen molar-refractivity contribution in [1.29, 1.82) is 0 Å². The molecule has 0 aliphatic carbocycles. The first-order valence-corrected chi connectivity index (χ1v) is 7.42. The van der Waals surface area contributed by atoms with Crippen LogP contribution in [-0.4, -0.2) is 27.6 Å². The molecule has 0 aromatic heterocycles. The fourth-order valence-corrected chi connectivity index (χ4v) is 1.43. The summed E-state index contributed by atoms with van der Waals surface area (Å²) < 4.78 is 5.06. The van der Waals surface area contributed by atoms with Crippen LogP contribution >= 0.6 is 0 Å². The Morgan fingerprint density at radius 2 is 1.90 bits per heavy atom. The molecule has 1 unspecified atom stereocenters. The Morgan fingerprint density at radius 3 is 2.20 bits per heavy atom. The molecule has 1 N–H and O–H groups in total. The molecule has 2 nitrogen and oxygen atoms in total. The second-order valence-electron chi connectivity index (χ2n) is 3.82. The smallest absolute Gasteiger partial charge is 0.104 e. The fourth-order valence-electron chi connectivity index (χ4n) is 0.533. The molecule has 0 heterocycles. The van der Waals surface area contributed by atoms with E-state index in [4.69, 9.17) is 4.74 Å². The lowest BCUT2D eigenvalue weighted by Gasteiger charge is -2.19. The van der Waals surface area contributed by atoms with Gasteiger partial charge >= 0.3 is 0 Å². The van der Waals surface area contributed by atoms with Gasteiger partial charge in [-0.2, -0.15) is 0 Å². The van der Waals surface area contributed by atoms with Crippen LogP contribution < -0.4 is 5.32 Å². The summed E-state index contributed by atoms with van der Waals surface area (Å²) in [6.45, 7) is 9.04. The van der Waals surface area contributed by atoms with Gasteiger partial charge in [0, 0.05) is 7.11 Å². The highest BCUT2D eigenvalue weighted by atomic mass is 28.3. The van der Waals surface area contributed by atoms with E-state index in [0.29, 0.717) is 0 Å². The highest BCUT2D eigenvalue weighted by Gasteiger charge is 2.13. The summed E-state index contributed by atoms with van der Waals surface area (Å²) in [5.74, 6) is 0. The molecule has 0 aromatic carbocycles. The van der Waals surface area contributed by atoms with E-state index in [0.717, 1.165) is 6.17 Å². The monoisotopic (exact) mass is 161 g/mol. The first-order chi connectivity index (χ1) is 4.45. The molecule has 0 spiro atoms. The van der Waals surface area contributed by atoms with Crippen LogP contribution in [0.3, 0.4) is 0 Å². The van der Waals surface area contributed by atoms with E-state index in [-0.39, 0.29) is 6.23 Å². The Hall–Kier alpha value is 0.137. The van der Waals surface area contributed by atoms with Gasteiger partial charge in [-0.15, -0.1) is 0 Å². The first kappa shape index (κ1) is 10.1. The van der Waals surface area contributed by atoms with E-state index in [1.165, 1.54) is 0 Å². The van der Waals surface area contributed by atoms with E-state index < -0.39 is 8.07 Å². The van der Waals surface area contributed by atoms with Crippen molar-refractivity contribution in [3.05, 3.63) is 0 Å². The Labute approximate surface area is 65.0 Å². The Balaban J connectivity index is 3.36.